The molecule has 1 aromatic carbocycles. The zero-order valence-electron chi connectivity index (χ0n) is 7.99. The number of halogens is 4. The van der Waals surface area contributed by atoms with Gasteiger partial charge < -0.3 is 10.8 Å². The Bertz CT molecular complexity index is 565. The van der Waals surface area contributed by atoms with Gasteiger partial charge in [0.1, 0.15) is 11.0 Å². The lowest BCUT2D eigenvalue weighted by Crippen LogP contribution is -2.03. The summed E-state index contributed by atoms with van der Waals surface area (Å²) < 4.78 is 50.4. The summed E-state index contributed by atoms with van der Waals surface area (Å²) in [4.78, 5) is 11.2. The highest BCUT2D eigenvalue weighted by atomic mass is 19.2. The lowest BCUT2D eigenvalue weighted by Gasteiger charge is -1.92. The standard InChI is InChI=1S/C7H2F4N2.CH3NO2/c8-3-1-2-4-6(5(3)9)12-7(10)13(4)11;2-1(3)4/h1-2H;2H2,(H,3,4). The van der Waals surface area contributed by atoms with E-state index < -0.39 is 39.6 Å². The summed E-state index contributed by atoms with van der Waals surface area (Å²) in [5.74, 6) is -2.54. The minimum atomic E-state index is -1.50. The quantitative estimate of drug-likeness (QED) is 0.700. The van der Waals surface area contributed by atoms with Crippen LogP contribution < -0.4 is 5.73 Å². The molecule has 0 saturated heterocycles. The zero-order valence-corrected chi connectivity index (χ0v) is 7.99. The van der Waals surface area contributed by atoms with Crippen LogP contribution in [0.3, 0.4) is 0 Å². The van der Waals surface area contributed by atoms with E-state index >= 15 is 0 Å². The minimum absolute atomic E-state index is 0.434. The Kier molecular flexibility index (Phi) is 3.51. The number of nitrogens with two attached hydrogens (primary N) is 1. The van der Waals surface area contributed by atoms with E-state index in [0.29, 0.717) is 6.07 Å². The maximum Gasteiger partial charge on any atom is 0.402 e. The van der Waals surface area contributed by atoms with Gasteiger partial charge in [-0.25, -0.2) is 13.6 Å². The summed E-state index contributed by atoms with van der Waals surface area (Å²) in [7, 11) is 0. The maximum absolute atomic E-state index is 12.8. The first-order chi connectivity index (χ1) is 7.84. The molecular weight excluding hydrogens is 246 g/mol. The molecule has 0 aliphatic carbocycles. The molecule has 0 fully saturated rings. The molecule has 0 spiro atoms. The second-order valence-electron chi connectivity index (χ2n) is 2.73. The molecule has 17 heavy (non-hydrogen) atoms. The molecule has 0 atom stereocenters. The summed E-state index contributed by atoms with van der Waals surface area (Å²) in [6, 6.07) is 1.61. The van der Waals surface area contributed by atoms with Crippen LogP contribution in [0.15, 0.2) is 12.1 Å². The number of fused-ring (bicyclic) bond motifs is 1. The van der Waals surface area contributed by atoms with Crippen LogP contribution in [0.4, 0.5) is 22.4 Å². The van der Waals surface area contributed by atoms with Crippen LogP contribution in [0.1, 0.15) is 0 Å². The number of carboxylic acid groups (broad SMARTS) is 1. The predicted molar refractivity (Wildman–Crippen MR) is 48.3 cm³/mol. The molecule has 2 rings (SSSR count). The summed E-state index contributed by atoms with van der Waals surface area (Å²) >= 11 is 0. The van der Waals surface area contributed by atoms with Crippen molar-refractivity contribution in [1.29, 1.82) is 0 Å². The van der Waals surface area contributed by atoms with Crippen molar-refractivity contribution in [3.63, 3.8) is 0 Å². The molecule has 0 saturated carbocycles. The summed E-state index contributed by atoms with van der Waals surface area (Å²) in [6.45, 7) is 0. The van der Waals surface area contributed by atoms with Crippen LogP contribution >= 0.6 is 0 Å². The molecule has 2 aromatic rings. The maximum atomic E-state index is 12.8. The Hall–Kier alpha value is -2.32. The number of imidazole rings is 1. The smallest absolute Gasteiger partial charge is 0.402 e. The van der Waals surface area contributed by atoms with Gasteiger partial charge >= 0.3 is 12.2 Å². The van der Waals surface area contributed by atoms with Crippen molar-refractivity contribution in [2.45, 2.75) is 0 Å². The van der Waals surface area contributed by atoms with Gasteiger partial charge in [-0.15, -0.1) is 4.79 Å². The van der Waals surface area contributed by atoms with Gasteiger partial charge in [0.2, 0.25) is 0 Å². The lowest BCUT2D eigenvalue weighted by atomic mass is 10.3. The average Bonchev–Trinajstić information content (AvgIpc) is 2.50. The molecule has 92 valence electrons. The van der Waals surface area contributed by atoms with Gasteiger partial charge in [0.25, 0.3) is 0 Å². The van der Waals surface area contributed by atoms with Gasteiger partial charge in [0.05, 0.1) is 0 Å². The first-order valence-electron chi connectivity index (χ1n) is 4.01. The highest BCUT2D eigenvalue weighted by Crippen LogP contribution is 2.20. The molecule has 9 heteroatoms. The number of hydrogen-bond donors (Lipinski definition) is 2. The second-order valence-corrected chi connectivity index (χ2v) is 2.73. The zero-order chi connectivity index (χ0) is 13.2. The van der Waals surface area contributed by atoms with Gasteiger partial charge in [-0.3, -0.25) is 0 Å². The number of primary amides is 1. The third-order valence-corrected chi connectivity index (χ3v) is 1.63. The predicted octanol–water partition coefficient (Wildman–Crippen LogP) is 1.81. The van der Waals surface area contributed by atoms with Crippen molar-refractivity contribution >= 4 is 17.1 Å². The fourth-order valence-corrected chi connectivity index (χ4v) is 1.03. The number of hydrogen-bond acceptors (Lipinski definition) is 2. The van der Waals surface area contributed by atoms with Gasteiger partial charge in [-0.1, -0.05) is 4.48 Å². The second kappa shape index (κ2) is 4.68. The average molecular weight is 251 g/mol. The van der Waals surface area contributed by atoms with Crippen molar-refractivity contribution in [1.82, 2.24) is 9.77 Å². The number of nitrogens with zero attached hydrogens (tertiary/aromatic N) is 2. The number of benzene rings is 1. The number of aromatic nitrogens is 2. The summed E-state index contributed by atoms with van der Waals surface area (Å²) in [5, 5.41) is 7.19. The lowest BCUT2D eigenvalue weighted by molar-refractivity contribution is 0.205. The molecule has 1 amide bonds. The molecule has 5 nitrogen and oxygen atoms in total. The largest absolute Gasteiger partial charge is 0.465 e. The van der Waals surface area contributed by atoms with Crippen molar-refractivity contribution in [2.24, 2.45) is 5.73 Å². The van der Waals surface area contributed by atoms with Gasteiger partial charge in [-0.05, 0) is 12.1 Å². The molecular formula is C8H5F4N3O2. The van der Waals surface area contributed by atoms with E-state index in [1.165, 1.54) is 0 Å². The normalized spacial score (nSPS) is 9.88. The fourth-order valence-electron chi connectivity index (χ4n) is 1.03. The van der Waals surface area contributed by atoms with Crippen LogP contribution in [-0.4, -0.2) is 21.0 Å². The Labute approximate surface area is 91.0 Å². The van der Waals surface area contributed by atoms with Crippen LogP contribution in [0.25, 0.3) is 11.0 Å². The van der Waals surface area contributed by atoms with Crippen molar-refractivity contribution in [3.05, 3.63) is 29.8 Å². The first-order valence-corrected chi connectivity index (χ1v) is 4.01. The molecule has 3 N–H and O–H groups in total. The topological polar surface area (TPSA) is 81.1 Å². The van der Waals surface area contributed by atoms with Crippen molar-refractivity contribution in [2.75, 3.05) is 0 Å². The monoisotopic (exact) mass is 251 g/mol. The van der Waals surface area contributed by atoms with E-state index in [4.69, 9.17) is 9.90 Å². The Balaban J connectivity index is 0.000000317. The third kappa shape index (κ3) is 2.62. The Morgan fingerprint density at radius 3 is 2.41 bits per heavy atom. The van der Waals surface area contributed by atoms with Gasteiger partial charge in [0, 0.05) is 0 Å². The van der Waals surface area contributed by atoms with E-state index in [1.54, 1.807) is 0 Å². The van der Waals surface area contributed by atoms with E-state index in [1.807, 2.05) is 0 Å². The summed E-state index contributed by atoms with van der Waals surface area (Å²) in [6.07, 6.45) is -2.83. The van der Waals surface area contributed by atoms with Crippen LogP contribution in [0.2, 0.25) is 0 Å². The Morgan fingerprint density at radius 2 is 1.88 bits per heavy atom. The number of carbonyl (C=O) groups is 1. The van der Waals surface area contributed by atoms with Gasteiger partial charge in [-0.2, -0.15) is 9.37 Å². The molecule has 0 bridgehead atoms. The highest BCUT2D eigenvalue weighted by molar-refractivity contribution is 5.75. The highest BCUT2D eigenvalue weighted by Gasteiger charge is 2.16. The SMILES string of the molecule is Fc1ccc2c(nc(F)n2F)c1F.NC(=O)O. The molecule has 0 aliphatic rings. The van der Waals surface area contributed by atoms with Gasteiger partial charge in [0.15, 0.2) is 11.6 Å². The first kappa shape index (κ1) is 12.7. The van der Waals surface area contributed by atoms with E-state index in [0.717, 1.165) is 6.07 Å². The number of rotatable bonds is 0. The molecule has 1 aromatic heterocycles. The van der Waals surface area contributed by atoms with E-state index in [-0.39, 0.29) is 0 Å². The fraction of sp³-hybridized carbons (Fsp3) is 0. The summed E-state index contributed by atoms with van der Waals surface area (Å²) in [5.41, 5.74) is 2.94. The molecule has 0 aliphatic heterocycles. The number of amides is 1. The molecule has 0 unspecified atom stereocenters. The molecule has 1 heterocycles. The molecule has 0 radical (unpaired) electrons. The van der Waals surface area contributed by atoms with E-state index in [9.17, 15) is 17.7 Å². The minimum Gasteiger partial charge on any atom is -0.465 e. The third-order valence-electron chi connectivity index (χ3n) is 1.63. The van der Waals surface area contributed by atoms with Crippen molar-refractivity contribution in [3.8, 4) is 0 Å². The Morgan fingerprint density at radius 1 is 1.35 bits per heavy atom. The van der Waals surface area contributed by atoms with Crippen LogP contribution in [0.5, 0.6) is 0 Å². The van der Waals surface area contributed by atoms with E-state index in [2.05, 4.69) is 10.7 Å². The van der Waals surface area contributed by atoms with Crippen LogP contribution in [0, 0.1) is 17.7 Å². The van der Waals surface area contributed by atoms with Crippen molar-refractivity contribution < 1.29 is 27.6 Å². The van der Waals surface area contributed by atoms with Crippen LogP contribution in [-0.2, 0) is 0 Å².